The van der Waals surface area contributed by atoms with Crippen LogP contribution in [0.2, 0.25) is 0 Å². The lowest BCUT2D eigenvalue weighted by Gasteiger charge is -2.12. The molecule has 1 amide bonds. The third-order valence-corrected chi connectivity index (χ3v) is 6.74. The number of aryl methyl sites for hydroxylation is 1. The van der Waals surface area contributed by atoms with Gasteiger partial charge in [-0.15, -0.1) is 0 Å². The van der Waals surface area contributed by atoms with E-state index in [4.69, 9.17) is 14.0 Å². The third kappa shape index (κ3) is 5.23. The number of aromatic nitrogens is 1. The minimum absolute atomic E-state index is 0.0301. The molecule has 1 aliphatic carbocycles. The second kappa shape index (κ2) is 9.60. The number of nitrogens with zero attached hydrogens (tertiary/aromatic N) is 1. The molecule has 2 aromatic carbocycles. The first-order chi connectivity index (χ1) is 16.3. The second-order valence-corrected chi connectivity index (χ2v) is 9.53. The number of benzene rings is 2. The highest BCUT2D eigenvalue weighted by Gasteiger charge is 2.30. The minimum Gasteiger partial charge on any atom is -0.493 e. The molecule has 1 aromatic heterocycles. The predicted octanol–water partition coefficient (Wildman–Crippen LogP) is 4.32. The van der Waals surface area contributed by atoms with Crippen molar-refractivity contribution in [3.63, 3.8) is 0 Å². The van der Waals surface area contributed by atoms with E-state index in [1.165, 1.54) is 26.4 Å². The number of methoxy groups -OCH3 is 2. The Morgan fingerprint density at radius 1 is 1.06 bits per heavy atom. The van der Waals surface area contributed by atoms with Gasteiger partial charge in [-0.2, -0.15) is 0 Å². The summed E-state index contributed by atoms with van der Waals surface area (Å²) in [5.74, 6) is 1.38. The van der Waals surface area contributed by atoms with Crippen LogP contribution < -0.4 is 19.5 Å². The summed E-state index contributed by atoms with van der Waals surface area (Å²) in [5, 5.41) is 6.80. The van der Waals surface area contributed by atoms with E-state index in [1.807, 2.05) is 0 Å². The summed E-state index contributed by atoms with van der Waals surface area (Å²) in [7, 11) is -0.822. The molecule has 3 aromatic rings. The topological polar surface area (TPSA) is 120 Å². The molecule has 9 nitrogen and oxygen atoms in total. The number of carbonyl (C=O) groups is 1. The van der Waals surface area contributed by atoms with Gasteiger partial charge in [-0.05, 0) is 55.7 Å². The van der Waals surface area contributed by atoms with Gasteiger partial charge in [0.1, 0.15) is 11.4 Å². The smallest absolute Gasteiger partial charge is 0.261 e. The van der Waals surface area contributed by atoms with Crippen LogP contribution in [0, 0.1) is 12.8 Å². The molecule has 2 N–H and O–H groups in total. The molecule has 0 unspecified atom stereocenters. The molecule has 0 spiro atoms. The largest absolute Gasteiger partial charge is 0.493 e. The molecule has 1 aliphatic rings. The van der Waals surface area contributed by atoms with E-state index in [-0.39, 0.29) is 16.7 Å². The van der Waals surface area contributed by atoms with Gasteiger partial charge in [0.2, 0.25) is 5.91 Å². The van der Waals surface area contributed by atoms with Crippen molar-refractivity contribution < 1.29 is 27.2 Å². The molecule has 4 rings (SSSR count). The van der Waals surface area contributed by atoms with Gasteiger partial charge in [0, 0.05) is 12.0 Å². The lowest BCUT2D eigenvalue weighted by atomic mass is 10.2. The van der Waals surface area contributed by atoms with E-state index >= 15 is 0 Å². The summed E-state index contributed by atoms with van der Waals surface area (Å²) >= 11 is 0. The lowest BCUT2D eigenvalue weighted by Crippen LogP contribution is -2.14. The van der Waals surface area contributed by atoms with Crippen molar-refractivity contribution >= 4 is 39.5 Å². The Bertz CT molecular complexity index is 1330. The summed E-state index contributed by atoms with van der Waals surface area (Å²) < 4.78 is 43.8. The highest BCUT2D eigenvalue weighted by Crippen LogP contribution is 2.32. The molecule has 0 bridgehead atoms. The number of hydrogen-bond acceptors (Lipinski definition) is 7. The van der Waals surface area contributed by atoms with Crippen LogP contribution in [0.1, 0.15) is 29.9 Å². The molecule has 0 radical (unpaired) electrons. The molecular weight excluding hydrogens is 458 g/mol. The number of ether oxygens (including phenoxy) is 2. The summed E-state index contributed by atoms with van der Waals surface area (Å²) in [6.45, 7) is 1.76. The van der Waals surface area contributed by atoms with Crippen LogP contribution in [0.5, 0.6) is 11.5 Å². The number of sulfonamides is 1. The summed E-state index contributed by atoms with van der Waals surface area (Å²) in [6, 6.07) is 11.1. The molecular formula is C24H25N3O6S. The van der Waals surface area contributed by atoms with Crippen molar-refractivity contribution in [3.8, 4) is 11.5 Å². The van der Waals surface area contributed by atoms with E-state index in [0.29, 0.717) is 34.3 Å². The normalized spacial score (nSPS) is 13.6. The quantitative estimate of drug-likeness (QED) is 0.465. The van der Waals surface area contributed by atoms with Crippen LogP contribution in [0.15, 0.2) is 51.9 Å². The first-order valence-electron chi connectivity index (χ1n) is 10.6. The standard InChI is InChI=1S/C24H25N3O6S/c1-15-23(25-24(28)17-7-8-17)21(33-26-15)12-6-16-4-10-19(11-5-16)34(29,30)27-18-9-13-20(31-2)22(14-18)32-3/h4-6,9-14,17,27H,7-8H2,1-3H3,(H,25,28)/b12-6-. The lowest BCUT2D eigenvalue weighted by molar-refractivity contribution is -0.117. The Morgan fingerprint density at radius 3 is 2.41 bits per heavy atom. The van der Waals surface area contributed by atoms with E-state index in [2.05, 4.69) is 15.2 Å². The molecule has 0 saturated heterocycles. The summed E-state index contributed by atoms with van der Waals surface area (Å²) in [6.07, 6.45) is 5.24. The van der Waals surface area contributed by atoms with Gasteiger partial charge >= 0.3 is 0 Å². The fourth-order valence-corrected chi connectivity index (χ4v) is 4.32. The van der Waals surface area contributed by atoms with E-state index in [1.54, 1.807) is 49.4 Å². The van der Waals surface area contributed by atoms with Crippen molar-refractivity contribution in [1.29, 1.82) is 0 Å². The zero-order valence-corrected chi connectivity index (χ0v) is 19.8. The molecule has 1 saturated carbocycles. The first-order valence-corrected chi connectivity index (χ1v) is 12.1. The SMILES string of the molecule is COc1ccc(NS(=O)(=O)c2ccc(/C=C\c3onc(C)c3NC(=O)C3CC3)cc2)cc1OC. The Hall–Kier alpha value is -3.79. The zero-order valence-electron chi connectivity index (χ0n) is 19.0. The third-order valence-electron chi connectivity index (χ3n) is 5.34. The molecule has 1 heterocycles. The monoisotopic (exact) mass is 483 g/mol. The van der Waals surface area contributed by atoms with Gasteiger partial charge in [-0.3, -0.25) is 9.52 Å². The second-order valence-electron chi connectivity index (χ2n) is 7.85. The molecule has 34 heavy (non-hydrogen) atoms. The minimum atomic E-state index is -3.81. The van der Waals surface area contributed by atoms with Crippen LogP contribution in [0.25, 0.3) is 12.2 Å². The maximum Gasteiger partial charge on any atom is 0.261 e. The number of rotatable bonds is 9. The Labute approximate surface area is 197 Å². The average molecular weight is 484 g/mol. The summed E-state index contributed by atoms with van der Waals surface area (Å²) in [4.78, 5) is 12.2. The molecule has 0 aliphatic heterocycles. The number of carbonyl (C=O) groups excluding carboxylic acids is 1. The van der Waals surface area contributed by atoms with Gasteiger partial charge in [-0.25, -0.2) is 8.42 Å². The maximum absolute atomic E-state index is 12.8. The van der Waals surface area contributed by atoms with Crippen molar-refractivity contribution in [2.75, 3.05) is 24.3 Å². The number of hydrogen-bond donors (Lipinski definition) is 2. The first kappa shape index (κ1) is 23.4. The van der Waals surface area contributed by atoms with Crippen molar-refractivity contribution in [2.45, 2.75) is 24.7 Å². The zero-order chi connectivity index (χ0) is 24.3. The number of anilines is 2. The van der Waals surface area contributed by atoms with Crippen LogP contribution in [-0.4, -0.2) is 33.7 Å². The van der Waals surface area contributed by atoms with E-state index in [9.17, 15) is 13.2 Å². The van der Waals surface area contributed by atoms with Crippen LogP contribution in [0.4, 0.5) is 11.4 Å². The molecule has 10 heteroatoms. The number of nitrogens with one attached hydrogen (secondary N) is 2. The van der Waals surface area contributed by atoms with Gasteiger partial charge in [0.25, 0.3) is 10.0 Å². The molecule has 0 atom stereocenters. The highest BCUT2D eigenvalue weighted by molar-refractivity contribution is 7.92. The van der Waals surface area contributed by atoms with Gasteiger partial charge < -0.3 is 19.3 Å². The van der Waals surface area contributed by atoms with Crippen LogP contribution in [-0.2, 0) is 14.8 Å². The maximum atomic E-state index is 12.8. The summed E-state index contributed by atoms with van der Waals surface area (Å²) in [5.41, 5.74) is 2.24. The van der Waals surface area contributed by atoms with Gasteiger partial charge in [-0.1, -0.05) is 23.4 Å². The van der Waals surface area contributed by atoms with Crippen LogP contribution >= 0.6 is 0 Å². The van der Waals surface area contributed by atoms with Crippen molar-refractivity contribution in [2.24, 2.45) is 5.92 Å². The fourth-order valence-electron chi connectivity index (χ4n) is 3.27. The van der Waals surface area contributed by atoms with Crippen molar-refractivity contribution in [3.05, 3.63) is 59.5 Å². The number of amides is 1. The van der Waals surface area contributed by atoms with E-state index < -0.39 is 10.0 Å². The Morgan fingerprint density at radius 2 is 1.76 bits per heavy atom. The van der Waals surface area contributed by atoms with Crippen LogP contribution in [0.3, 0.4) is 0 Å². The molecule has 178 valence electrons. The fraction of sp³-hybridized carbons (Fsp3) is 0.250. The predicted molar refractivity (Wildman–Crippen MR) is 128 cm³/mol. The Balaban J connectivity index is 1.47. The average Bonchev–Trinajstić information content (AvgIpc) is 3.63. The van der Waals surface area contributed by atoms with Gasteiger partial charge in [0.05, 0.1) is 24.8 Å². The van der Waals surface area contributed by atoms with Crippen molar-refractivity contribution in [1.82, 2.24) is 5.16 Å². The van der Waals surface area contributed by atoms with Gasteiger partial charge in [0.15, 0.2) is 17.3 Å². The highest BCUT2D eigenvalue weighted by atomic mass is 32.2. The Kier molecular flexibility index (Phi) is 6.60. The van der Waals surface area contributed by atoms with E-state index in [0.717, 1.165) is 18.4 Å². The molecule has 1 fully saturated rings.